The summed E-state index contributed by atoms with van der Waals surface area (Å²) in [5, 5.41) is 25.3. The Morgan fingerprint density at radius 3 is 1.91 bits per heavy atom. The van der Waals surface area contributed by atoms with E-state index in [1.165, 1.54) is 18.5 Å². The molecule has 8 N–H and O–H groups in total. The number of urea groups is 2. The minimum Gasteiger partial charge on any atom is -0.480 e. The highest BCUT2D eigenvalue weighted by molar-refractivity contribution is 6.08. The molecule has 2 fully saturated rings. The second kappa shape index (κ2) is 15.6. The second-order valence-electron chi connectivity index (χ2n) is 13.4. The highest BCUT2D eigenvalue weighted by Gasteiger charge is 2.56. The van der Waals surface area contributed by atoms with Crippen molar-refractivity contribution in [3.8, 4) is 11.4 Å². The number of nitrogens with two attached hydrogens (primary N) is 2. The van der Waals surface area contributed by atoms with Crippen LogP contribution in [0, 0.1) is 11.8 Å². The zero-order valence-electron chi connectivity index (χ0n) is 29.8. The molecule has 2 aliphatic rings. The number of hydrogen-bond acceptors (Lipinski definition) is 11. The second-order valence-corrected chi connectivity index (χ2v) is 13.4. The predicted octanol–water partition coefficient (Wildman–Crippen LogP) is 2.94. The standard InChI is InChI=1S/C38H39N9O8/c1-3-26(22-7-5-4-6-8-22)45-38(55)47-32(36(52)53)25(34(47)49)14-21-15-28(44-30(40)17-21)27-10-9-23(18-42-27)19(2)43-37(54)46-31(35(50)51)24(33(46)48)13-20-11-12-41-29(39)16-20/h4-12,15-19,24-26,31-32H,3,13-14H2,1-2H3,(H2,39,41)(H2,40,44)(H,43,54)(H,45,55)(H,50,51)(H,52,53)/t19-,24-,25-,26-,31+,32+/m1/s1. The molecule has 0 saturated carbocycles. The van der Waals surface area contributed by atoms with E-state index in [1.54, 1.807) is 37.3 Å². The fourth-order valence-corrected chi connectivity index (χ4v) is 6.98. The topological polar surface area (TPSA) is 264 Å². The van der Waals surface area contributed by atoms with Crippen LogP contribution in [0.3, 0.4) is 0 Å². The number of carboxylic acids is 2. The van der Waals surface area contributed by atoms with Gasteiger partial charge >= 0.3 is 24.0 Å². The molecule has 4 aromatic rings. The Labute approximate surface area is 314 Å². The first kappa shape index (κ1) is 37.8. The number of anilines is 2. The first-order valence-corrected chi connectivity index (χ1v) is 17.5. The van der Waals surface area contributed by atoms with Crippen molar-refractivity contribution in [1.29, 1.82) is 0 Å². The number of carboxylic acid groups (broad SMARTS) is 2. The van der Waals surface area contributed by atoms with Crippen LogP contribution in [0.2, 0.25) is 0 Å². The van der Waals surface area contributed by atoms with Gasteiger partial charge in [-0.1, -0.05) is 43.3 Å². The summed E-state index contributed by atoms with van der Waals surface area (Å²) in [4.78, 5) is 90.9. The van der Waals surface area contributed by atoms with E-state index in [0.717, 1.165) is 10.5 Å². The largest absolute Gasteiger partial charge is 0.480 e. The molecular weight excluding hydrogens is 710 g/mol. The zero-order valence-corrected chi connectivity index (χ0v) is 29.8. The number of aromatic nitrogens is 3. The maximum absolute atomic E-state index is 13.2. The number of carbonyl (C=O) groups is 6. The third kappa shape index (κ3) is 7.76. The number of nitrogen functional groups attached to an aromatic ring is 2. The third-order valence-corrected chi connectivity index (χ3v) is 9.83. The van der Waals surface area contributed by atoms with Crippen molar-refractivity contribution in [2.45, 2.75) is 57.3 Å². The average molecular weight is 750 g/mol. The van der Waals surface area contributed by atoms with Gasteiger partial charge in [0.15, 0.2) is 12.1 Å². The van der Waals surface area contributed by atoms with E-state index in [9.17, 15) is 39.0 Å². The monoisotopic (exact) mass is 749 g/mol. The number of benzene rings is 1. The lowest BCUT2D eigenvalue weighted by atomic mass is 9.82. The van der Waals surface area contributed by atoms with Crippen LogP contribution in [0.5, 0.6) is 0 Å². The van der Waals surface area contributed by atoms with Crippen LogP contribution in [-0.2, 0) is 32.0 Å². The SMILES string of the molecule is CC[C@@H](NC(=O)N1C(=O)[C@H](Cc2cc(N)nc(-c3ccc([C@@H](C)NC(=O)N4C(=O)[C@H](Cc5ccnc(N)c5)[C@H]4C(=O)O)cn3)c2)[C@H]1C(=O)O)c1ccccc1. The van der Waals surface area contributed by atoms with Gasteiger partial charge in [-0.15, -0.1) is 0 Å². The number of rotatable bonds is 12. The summed E-state index contributed by atoms with van der Waals surface area (Å²) in [5.74, 6) is -5.56. The van der Waals surface area contributed by atoms with Gasteiger partial charge in [0.05, 0.1) is 35.3 Å². The van der Waals surface area contributed by atoms with Gasteiger partial charge in [-0.3, -0.25) is 14.6 Å². The maximum atomic E-state index is 13.2. The summed E-state index contributed by atoms with van der Waals surface area (Å²) in [5.41, 5.74) is 15.0. The van der Waals surface area contributed by atoms with Gasteiger partial charge in [-0.05, 0) is 78.8 Å². The summed E-state index contributed by atoms with van der Waals surface area (Å²) in [6, 6.07) is 13.2. The fraction of sp³-hybridized carbons (Fsp3) is 0.289. The molecule has 1 aromatic carbocycles. The molecule has 6 amide bonds. The molecule has 17 nitrogen and oxygen atoms in total. The van der Waals surface area contributed by atoms with Crippen LogP contribution in [-0.4, -0.2) is 82.9 Å². The average Bonchev–Trinajstić information content (AvgIpc) is 3.15. The van der Waals surface area contributed by atoms with E-state index in [0.29, 0.717) is 39.4 Å². The highest BCUT2D eigenvalue weighted by Crippen LogP contribution is 2.34. The third-order valence-electron chi connectivity index (χ3n) is 9.83. The van der Waals surface area contributed by atoms with Crippen molar-refractivity contribution in [1.82, 2.24) is 35.4 Å². The van der Waals surface area contributed by atoms with Crippen molar-refractivity contribution in [2.24, 2.45) is 11.8 Å². The first-order valence-electron chi connectivity index (χ1n) is 17.5. The molecule has 284 valence electrons. The Morgan fingerprint density at radius 2 is 1.35 bits per heavy atom. The molecule has 6 rings (SSSR count). The van der Waals surface area contributed by atoms with E-state index in [4.69, 9.17) is 11.5 Å². The van der Waals surface area contributed by atoms with Crippen molar-refractivity contribution in [3.63, 3.8) is 0 Å². The number of amides is 6. The molecule has 3 aromatic heterocycles. The molecule has 0 spiro atoms. The molecule has 2 saturated heterocycles. The van der Waals surface area contributed by atoms with Crippen molar-refractivity contribution in [3.05, 3.63) is 101 Å². The smallest absolute Gasteiger partial charge is 0.327 e. The van der Waals surface area contributed by atoms with Crippen molar-refractivity contribution >= 4 is 47.5 Å². The van der Waals surface area contributed by atoms with E-state index in [-0.39, 0.29) is 24.5 Å². The van der Waals surface area contributed by atoms with E-state index in [2.05, 4.69) is 25.6 Å². The van der Waals surface area contributed by atoms with Gasteiger partial charge in [-0.25, -0.2) is 38.9 Å². The number of imide groups is 2. The lowest BCUT2D eigenvalue weighted by molar-refractivity contribution is -0.165. The Kier molecular flexibility index (Phi) is 10.7. The van der Waals surface area contributed by atoms with Crippen LogP contribution >= 0.6 is 0 Å². The Bertz CT molecular complexity index is 2150. The van der Waals surface area contributed by atoms with Crippen LogP contribution < -0.4 is 22.1 Å². The van der Waals surface area contributed by atoms with E-state index in [1.807, 2.05) is 37.3 Å². The number of nitrogens with one attached hydrogen (secondary N) is 2. The van der Waals surface area contributed by atoms with Gasteiger partial charge in [-0.2, -0.15) is 0 Å². The number of likely N-dealkylation sites (tertiary alicyclic amines) is 2. The Balaban J connectivity index is 1.09. The van der Waals surface area contributed by atoms with Crippen molar-refractivity contribution in [2.75, 3.05) is 11.5 Å². The Hall–Kier alpha value is -6.91. The molecule has 0 unspecified atom stereocenters. The first-order chi connectivity index (χ1) is 26.3. The van der Waals surface area contributed by atoms with Crippen LogP contribution in [0.25, 0.3) is 11.4 Å². The minimum absolute atomic E-state index is 0.0274. The predicted molar refractivity (Wildman–Crippen MR) is 196 cm³/mol. The molecule has 0 bridgehead atoms. The summed E-state index contributed by atoms with van der Waals surface area (Å²) < 4.78 is 0. The number of carbonyl (C=O) groups excluding carboxylic acids is 4. The molecular formula is C38H39N9O8. The van der Waals surface area contributed by atoms with Crippen LogP contribution in [0.15, 0.2) is 79.1 Å². The number of hydrogen-bond donors (Lipinski definition) is 6. The minimum atomic E-state index is -1.39. The molecule has 17 heteroatoms. The molecule has 6 atom stereocenters. The number of nitrogens with zero attached hydrogens (tertiary/aromatic N) is 5. The van der Waals surface area contributed by atoms with Crippen LogP contribution in [0.4, 0.5) is 21.2 Å². The van der Waals surface area contributed by atoms with Crippen molar-refractivity contribution < 1.29 is 39.0 Å². The molecule has 2 aliphatic heterocycles. The number of β-lactam (4-membered cyclic amide) rings is 2. The van der Waals surface area contributed by atoms with Crippen LogP contribution in [0.1, 0.15) is 54.6 Å². The Morgan fingerprint density at radius 1 is 0.745 bits per heavy atom. The zero-order chi connectivity index (χ0) is 39.6. The molecule has 5 heterocycles. The van der Waals surface area contributed by atoms with E-state index < -0.39 is 71.8 Å². The quantitative estimate of drug-likeness (QED) is 0.114. The fourth-order valence-electron chi connectivity index (χ4n) is 6.98. The molecule has 0 aliphatic carbocycles. The number of aliphatic carboxylic acids is 2. The van der Waals surface area contributed by atoms with E-state index >= 15 is 0 Å². The normalized spacial score (nSPS) is 20.1. The van der Waals surface area contributed by atoms with Gasteiger partial charge < -0.3 is 32.3 Å². The summed E-state index contributed by atoms with van der Waals surface area (Å²) >= 11 is 0. The molecule has 55 heavy (non-hydrogen) atoms. The van der Waals surface area contributed by atoms with Gasteiger partial charge in [0, 0.05) is 12.4 Å². The number of pyridine rings is 3. The van der Waals surface area contributed by atoms with Gasteiger partial charge in [0.1, 0.15) is 11.6 Å². The highest BCUT2D eigenvalue weighted by atomic mass is 16.4. The van der Waals surface area contributed by atoms with Gasteiger partial charge in [0.25, 0.3) is 0 Å². The summed E-state index contributed by atoms with van der Waals surface area (Å²) in [6.45, 7) is 3.51. The lowest BCUT2D eigenvalue weighted by Crippen LogP contribution is -2.68. The molecule has 0 radical (unpaired) electrons. The summed E-state index contributed by atoms with van der Waals surface area (Å²) in [6.07, 6.45) is 3.50. The van der Waals surface area contributed by atoms with Gasteiger partial charge in [0.2, 0.25) is 11.8 Å². The summed E-state index contributed by atoms with van der Waals surface area (Å²) in [7, 11) is 0. The maximum Gasteiger partial charge on any atom is 0.327 e. The lowest BCUT2D eigenvalue weighted by Gasteiger charge is -2.43.